The van der Waals surface area contributed by atoms with Crippen LogP contribution in [0.2, 0.25) is 0 Å². The summed E-state index contributed by atoms with van der Waals surface area (Å²) in [5, 5.41) is 0. The largest absolute Gasteiger partial charge is 0.373 e. The van der Waals surface area contributed by atoms with E-state index in [-0.39, 0.29) is 5.54 Å². The van der Waals surface area contributed by atoms with Crippen LogP contribution in [0.3, 0.4) is 0 Å². The quantitative estimate of drug-likeness (QED) is 0.898. The summed E-state index contributed by atoms with van der Waals surface area (Å²) in [7, 11) is 2.28. The second kappa shape index (κ2) is 6.75. The van der Waals surface area contributed by atoms with E-state index in [9.17, 15) is 0 Å². The van der Waals surface area contributed by atoms with Gasteiger partial charge >= 0.3 is 0 Å². The number of rotatable bonds is 3. The van der Waals surface area contributed by atoms with Crippen LogP contribution < -0.4 is 0 Å². The number of likely N-dealkylation sites (tertiary alicyclic amines) is 1. The maximum Gasteiger partial charge on any atom is 0.0926 e. The third-order valence-corrected chi connectivity index (χ3v) is 7.74. The molecule has 0 aliphatic carbocycles. The highest BCUT2D eigenvalue weighted by atomic mass is 32.1. The summed E-state index contributed by atoms with van der Waals surface area (Å²) in [4.78, 5) is 16.1. The van der Waals surface area contributed by atoms with Crippen molar-refractivity contribution in [3.8, 4) is 0 Å². The summed E-state index contributed by atoms with van der Waals surface area (Å²) in [6.07, 6.45) is 8.07. The highest BCUT2D eigenvalue weighted by molar-refractivity contribution is 7.12. The Morgan fingerprint density at radius 2 is 2.19 bits per heavy atom. The van der Waals surface area contributed by atoms with Crippen molar-refractivity contribution in [2.24, 2.45) is 0 Å². The van der Waals surface area contributed by atoms with Crippen molar-refractivity contribution in [1.29, 1.82) is 0 Å². The van der Waals surface area contributed by atoms with E-state index in [2.05, 4.69) is 34.0 Å². The minimum absolute atomic E-state index is 0.141. The lowest BCUT2D eigenvalue weighted by atomic mass is 9.79. The van der Waals surface area contributed by atoms with Crippen molar-refractivity contribution in [2.45, 2.75) is 50.3 Å². The van der Waals surface area contributed by atoms with E-state index in [1.165, 1.54) is 46.8 Å². The maximum absolute atomic E-state index is 5.84. The summed E-state index contributed by atoms with van der Waals surface area (Å²) in [5.41, 5.74) is 2.81. The fourth-order valence-corrected chi connectivity index (χ4v) is 6.10. The lowest BCUT2D eigenvalue weighted by molar-refractivity contribution is 0.0224. The molecule has 1 N–H and O–H groups in total. The highest BCUT2D eigenvalue weighted by Crippen LogP contribution is 2.41. The number of thiophene rings is 1. The van der Waals surface area contributed by atoms with E-state index < -0.39 is 0 Å². The monoisotopic (exact) mass is 372 g/mol. The Balaban J connectivity index is 1.25. The van der Waals surface area contributed by atoms with Gasteiger partial charge < -0.3 is 9.72 Å². The lowest BCUT2D eigenvalue weighted by Gasteiger charge is -2.49. The predicted octanol–water partition coefficient (Wildman–Crippen LogP) is 3.30. The van der Waals surface area contributed by atoms with Gasteiger partial charge in [0.2, 0.25) is 0 Å². The van der Waals surface area contributed by atoms with Crippen LogP contribution in [0.15, 0.2) is 18.5 Å². The smallest absolute Gasteiger partial charge is 0.0926 e. The standard InChI is InChI=1S/C20H28N4OS/c1-23-9-6-16-19(22-14-21-16)20(23)7-10-24(11-8-20)13-15-4-5-18(26-15)17-3-2-12-25-17/h4-5,14,17H,2-3,6-13H2,1H3,(H,21,22)/t17-/m0/s1. The molecule has 0 bridgehead atoms. The molecule has 0 aromatic carbocycles. The van der Waals surface area contributed by atoms with Gasteiger partial charge in [0.25, 0.3) is 0 Å². The zero-order valence-electron chi connectivity index (χ0n) is 15.5. The molecular formula is C20H28N4OS. The first kappa shape index (κ1) is 16.9. The van der Waals surface area contributed by atoms with Crippen LogP contribution in [-0.2, 0) is 23.2 Å². The van der Waals surface area contributed by atoms with Crippen LogP contribution in [-0.4, -0.2) is 53.1 Å². The Hall–Kier alpha value is -1.21. The lowest BCUT2D eigenvalue weighted by Crippen LogP contribution is -2.54. The van der Waals surface area contributed by atoms with Crippen LogP contribution in [0.4, 0.5) is 0 Å². The number of nitrogens with zero attached hydrogens (tertiary/aromatic N) is 3. The van der Waals surface area contributed by atoms with Gasteiger partial charge in [0, 0.05) is 54.7 Å². The molecule has 3 aliphatic heterocycles. The minimum atomic E-state index is 0.141. The molecule has 3 aliphatic rings. The fraction of sp³-hybridized carbons (Fsp3) is 0.650. The number of likely N-dealkylation sites (N-methyl/N-ethyl adjacent to an activating group) is 1. The first-order valence-electron chi connectivity index (χ1n) is 9.91. The van der Waals surface area contributed by atoms with Gasteiger partial charge in [-0.2, -0.15) is 0 Å². The third-order valence-electron chi connectivity index (χ3n) is 6.58. The molecule has 0 saturated carbocycles. The van der Waals surface area contributed by atoms with E-state index in [0.29, 0.717) is 6.10 Å². The van der Waals surface area contributed by atoms with Gasteiger partial charge in [0.05, 0.1) is 23.7 Å². The van der Waals surface area contributed by atoms with Gasteiger partial charge in [-0.15, -0.1) is 11.3 Å². The number of H-pyrrole nitrogens is 1. The number of hydrogen-bond donors (Lipinski definition) is 1. The zero-order valence-corrected chi connectivity index (χ0v) is 16.4. The van der Waals surface area contributed by atoms with Crippen molar-refractivity contribution in [2.75, 3.05) is 33.3 Å². The first-order valence-corrected chi connectivity index (χ1v) is 10.7. The Morgan fingerprint density at radius 3 is 3.00 bits per heavy atom. The number of nitrogens with one attached hydrogen (secondary N) is 1. The molecule has 5 nitrogen and oxygen atoms in total. The molecule has 26 heavy (non-hydrogen) atoms. The molecule has 2 aromatic rings. The van der Waals surface area contributed by atoms with Crippen LogP contribution >= 0.6 is 11.3 Å². The van der Waals surface area contributed by atoms with Gasteiger partial charge in [-0.3, -0.25) is 9.80 Å². The van der Waals surface area contributed by atoms with Crippen molar-refractivity contribution in [3.63, 3.8) is 0 Å². The van der Waals surface area contributed by atoms with Crippen molar-refractivity contribution in [3.05, 3.63) is 39.6 Å². The normalized spacial score (nSPS) is 26.4. The van der Waals surface area contributed by atoms with Gasteiger partial charge in [-0.25, -0.2) is 4.98 Å². The number of aromatic nitrogens is 2. The van der Waals surface area contributed by atoms with Crippen molar-refractivity contribution in [1.82, 2.24) is 19.8 Å². The molecule has 0 radical (unpaired) electrons. The van der Waals surface area contributed by atoms with Gasteiger partial charge in [-0.05, 0) is 44.9 Å². The summed E-state index contributed by atoms with van der Waals surface area (Å²) < 4.78 is 5.84. The molecule has 2 saturated heterocycles. The van der Waals surface area contributed by atoms with E-state index in [4.69, 9.17) is 9.72 Å². The molecular weight excluding hydrogens is 344 g/mol. The average Bonchev–Trinajstić information content (AvgIpc) is 3.40. The molecule has 140 valence electrons. The van der Waals surface area contributed by atoms with Crippen LogP contribution in [0.25, 0.3) is 0 Å². The molecule has 1 spiro atoms. The number of piperidine rings is 1. The fourth-order valence-electron chi connectivity index (χ4n) is 4.96. The SMILES string of the molecule is CN1CCc2[nH]cnc2C12CCN(Cc1ccc([C@@H]3CCCO3)s1)CC2. The van der Waals surface area contributed by atoms with Crippen molar-refractivity contribution < 1.29 is 4.74 Å². The minimum Gasteiger partial charge on any atom is -0.373 e. The molecule has 2 fully saturated rings. The highest BCUT2D eigenvalue weighted by Gasteiger charge is 2.44. The summed E-state index contributed by atoms with van der Waals surface area (Å²) in [6.45, 7) is 5.41. The summed E-state index contributed by atoms with van der Waals surface area (Å²) in [5.74, 6) is 0. The van der Waals surface area contributed by atoms with Gasteiger partial charge in [-0.1, -0.05) is 0 Å². The molecule has 1 atom stereocenters. The topological polar surface area (TPSA) is 44.4 Å². The maximum atomic E-state index is 5.84. The Morgan fingerprint density at radius 1 is 1.31 bits per heavy atom. The van der Waals surface area contributed by atoms with E-state index in [1.54, 1.807) is 0 Å². The van der Waals surface area contributed by atoms with E-state index in [0.717, 1.165) is 39.2 Å². The van der Waals surface area contributed by atoms with Crippen LogP contribution in [0.1, 0.15) is 52.9 Å². The van der Waals surface area contributed by atoms with Crippen LogP contribution in [0.5, 0.6) is 0 Å². The van der Waals surface area contributed by atoms with Crippen molar-refractivity contribution >= 4 is 11.3 Å². The van der Waals surface area contributed by atoms with Gasteiger partial charge in [0.15, 0.2) is 0 Å². The Labute approximate surface area is 159 Å². The number of ether oxygens (including phenoxy) is 1. The molecule has 5 rings (SSSR count). The second-order valence-corrected chi connectivity index (χ2v) is 9.21. The molecule has 6 heteroatoms. The summed E-state index contributed by atoms with van der Waals surface area (Å²) >= 11 is 1.95. The Kier molecular flexibility index (Phi) is 4.39. The number of imidazole rings is 1. The predicted molar refractivity (Wildman–Crippen MR) is 103 cm³/mol. The first-order chi connectivity index (χ1) is 12.7. The second-order valence-electron chi connectivity index (χ2n) is 8.01. The van der Waals surface area contributed by atoms with E-state index in [1.807, 2.05) is 17.7 Å². The summed E-state index contributed by atoms with van der Waals surface area (Å²) in [6, 6.07) is 4.59. The zero-order chi connectivity index (χ0) is 17.6. The molecule has 5 heterocycles. The molecule has 2 aromatic heterocycles. The number of hydrogen-bond acceptors (Lipinski definition) is 5. The third kappa shape index (κ3) is 2.83. The Bertz CT molecular complexity index is 755. The van der Waals surface area contributed by atoms with Gasteiger partial charge in [0.1, 0.15) is 0 Å². The van der Waals surface area contributed by atoms with E-state index >= 15 is 0 Å². The van der Waals surface area contributed by atoms with Crippen LogP contribution in [0, 0.1) is 0 Å². The molecule has 0 unspecified atom stereocenters. The number of fused-ring (bicyclic) bond motifs is 2. The number of aromatic amines is 1. The average molecular weight is 373 g/mol. The molecule has 0 amide bonds.